The summed E-state index contributed by atoms with van der Waals surface area (Å²) in [5.74, 6) is 1.07. The molecule has 0 unspecified atom stereocenters. The van der Waals surface area contributed by atoms with E-state index in [1.165, 1.54) is 0 Å². The summed E-state index contributed by atoms with van der Waals surface area (Å²) in [5, 5.41) is 6.63. The molecule has 6 rings (SSSR count). The Hall–Kier alpha value is -4.63. The van der Waals surface area contributed by atoms with Crippen molar-refractivity contribution in [1.29, 1.82) is 0 Å². The van der Waals surface area contributed by atoms with Crippen LogP contribution in [0.25, 0.3) is 11.3 Å². The maximum Gasteiger partial charge on any atom is 0.253 e. The zero-order valence-corrected chi connectivity index (χ0v) is 22.6. The number of nitrogens with one attached hydrogen (secondary N) is 2. The van der Waals surface area contributed by atoms with Crippen LogP contribution in [0.2, 0.25) is 5.02 Å². The van der Waals surface area contributed by atoms with Crippen LogP contribution >= 0.6 is 11.6 Å². The zero-order valence-electron chi connectivity index (χ0n) is 21.9. The normalized spacial score (nSPS) is 14.5. The molecule has 3 heterocycles. The monoisotopic (exact) mass is 554 g/mol. The lowest BCUT2D eigenvalue weighted by molar-refractivity contribution is -0.115. The highest BCUT2D eigenvalue weighted by molar-refractivity contribution is 6.31. The Bertz CT molecular complexity index is 1590. The summed E-state index contributed by atoms with van der Waals surface area (Å²) in [5.41, 5.74) is 5.27. The van der Waals surface area contributed by atoms with Crippen LogP contribution in [0.4, 0.5) is 23.0 Å². The van der Waals surface area contributed by atoms with Crippen LogP contribution in [-0.4, -0.2) is 60.0 Å². The van der Waals surface area contributed by atoms with Gasteiger partial charge in [-0.25, -0.2) is 9.97 Å². The summed E-state index contributed by atoms with van der Waals surface area (Å²) in [4.78, 5) is 38.8. The Morgan fingerprint density at radius 1 is 1.02 bits per heavy atom. The van der Waals surface area contributed by atoms with Gasteiger partial charge in [-0.05, 0) is 54.6 Å². The van der Waals surface area contributed by atoms with Crippen molar-refractivity contribution in [3.05, 3.63) is 89.1 Å². The molecule has 1 saturated heterocycles. The third-order valence-electron chi connectivity index (χ3n) is 7.10. The number of methoxy groups -OCH3 is 1. The van der Waals surface area contributed by atoms with E-state index in [4.69, 9.17) is 21.3 Å². The van der Waals surface area contributed by atoms with Crippen molar-refractivity contribution in [3.8, 4) is 17.0 Å². The maximum absolute atomic E-state index is 13.2. The summed E-state index contributed by atoms with van der Waals surface area (Å²) in [7, 11) is 1.66. The van der Waals surface area contributed by atoms with Crippen molar-refractivity contribution >= 4 is 46.4 Å². The van der Waals surface area contributed by atoms with Gasteiger partial charge in [0.1, 0.15) is 5.75 Å². The molecule has 0 aliphatic carbocycles. The Labute approximate surface area is 236 Å². The fourth-order valence-electron chi connectivity index (χ4n) is 5.01. The van der Waals surface area contributed by atoms with Crippen molar-refractivity contribution in [1.82, 2.24) is 14.9 Å². The Morgan fingerprint density at radius 2 is 1.82 bits per heavy atom. The molecule has 2 N–H and O–H groups in total. The minimum atomic E-state index is -0.145. The smallest absolute Gasteiger partial charge is 0.253 e. The van der Waals surface area contributed by atoms with Gasteiger partial charge in [-0.2, -0.15) is 0 Å². The lowest BCUT2D eigenvalue weighted by Gasteiger charge is -2.36. The third-order valence-corrected chi connectivity index (χ3v) is 7.33. The number of aromatic nitrogens is 2. The largest absolute Gasteiger partial charge is 0.497 e. The number of halogens is 1. The number of hydrogen-bond acceptors (Lipinski definition) is 7. The maximum atomic E-state index is 13.2. The van der Waals surface area contributed by atoms with E-state index in [1.807, 2.05) is 53.4 Å². The third kappa shape index (κ3) is 5.28. The molecule has 2 amide bonds. The number of carbonyl (C=O) groups excluding carboxylic acids is 2. The highest BCUT2D eigenvalue weighted by atomic mass is 35.5. The highest BCUT2D eigenvalue weighted by Gasteiger charge is 2.23. The van der Waals surface area contributed by atoms with Gasteiger partial charge in [0.25, 0.3) is 5.91 Å². The molecule has 2 aliphatic heterocycles. The minimum absolute atomic E-state index is 0.00515. The lowest BCUT2D eigenvalue weighted by atomic mass is 10.1. The van der Waals surface area contributed by atoms with Gasteiger partial charge in [0, 0.05) is 71.5 Å². The standard InChI is InChI=1S/C30H27ClN6O3/c1-40-24-4-2-3-23(17-24)36-11-13-37(14-12-36)29(39)19-5-8-22(9-6-19)33-30-32-18-20-15-27(38)34-26-16-21(31)7-10-25(26)28(20)35-30/h2-10,16-18H,11-15H2,1H3,(H,34,38)(H,32,33,35). The first kappa shape index (κ1) is 25.6. The van der Waals surface area contributed by atoms with Crippen LogP contribution in [0.3, 0.4) is 0 Å². The fourth-order valence-corrected chi connectivity index (χ4v) is 5.18. The van der Waals surface area contributed by atoms with Crippen LogP contribution in [-0.2, 0) is 11.2 Å². The Balaban J connectivity index is 1.13. The Kier molecular flexibility index (Phi) is 6.96. The molecule has 10 heteroatoms. The lowest BCUT2D eigenvalue weighted by Crippen LogP contribution is -2.48. The number of amides is 2. The highest BCUT2D eigenvalue weighted by Crippen LogP contribution is 2.35. The van der Waals surface area contributed by atoms with Crippen molar-refractivity contribution in [3.63, 3.8) is 0 Å². The quantitative estimate of drug-likeness (QED) is 0.358. The van der Waals surface area contributed by atoms with Gasteiger partial charge in [-0.15, -0.1) is 0 Å². The van der Waals surface area contributed by atoms with E-state index in [0.29, 0.717) is 41.0 Å². The first-order valence-electron chi connectivity index (χ1n) is 13.0. The first-order chi connectivity index (χ1) is 19.5. The average molecular weight is 555 g/mol. The SMILES string of the molecule is COc1cccc(N2CCN(C(=O)c3ccc(Nc4ncc5c(n4)-c4ccc(Cl)cc4NC(=O)C5)cc3)CC2)c1. The van der Waals surface area contributed by atoms with E-state index in [2.05, 4.69) is 26.6 Å². The minimum Gasteiger partial charge on any atom is -0.497 e. The number of carbonyl (C=O) groups is 2. The molecule has 4 aromatic rings. The number of piperazine rings is 1. The van der Waals surface area contributed by atoms with E-state index in [-0.39, 0.29) is 18.2 Å². The molecule has 0 saturated carbocycles. The van der Waals surface area contributed by atoms with Crippen molar-refractivity contribution in [2.24, 2.45) is 0 Å². The van der Waals surface area contributed by atoms with Gasteiger partial charge in [0.2, 0.25) is 11.9 Å². The van der Waals surface area contributed by atoms with E-state index in [0.717, 1.165) is 41.3 Å². The number of hydrogen-bond donors (Lipinski definition) is 2. The predicted molar refractivity (Wildman–Crippen MR) is 156 cm³/mol. The number of fused-ring (bicyclic) bond motifs is 3. The molecule has 0 atom stereocenters. The number of benzene rings is 3. The van der Waals surface area contributed by atoms with E-state index >= 15 is 0 Å². The van der Waals surface area contributed by atoms with Gasteiger partial charge in [0.15, 0.2) is 0 Å². The molecular formula is C30H27ClN6O3. The molecular weight excluding hydrogens is 528 g/mol. The van der Waals surface area contributed by atoms with Gasteiger partial charge in [-0.1, -0.05) is 17.7 Å². The number of anilines is 4. The van der Waals surface area contributed by atoms with Gasteiger partial charge < -0.3 is 25.2 Å². The second-order valence-electron chi connectivity index (χ2n) is 9.67. The van der Waals surface area contributed by atoms with Crippen molar-refractivity contribution < 1.29 is 14.3 Å². The van der Waals surface area contributed by atoms with Gasteiger partial charge >= 0.3 is 0 Å². The predicted octanol–water partition coefficient (Wildman–Crippen LogP) is 5.01. The van der Waals surface area contributed by atoms with E-state index in [9.17, 15) is 9.59 Å². The van der Waals surface area contributed by atoms with Crippen molar-refractivity contribution in [2.75, 3.05) is 48.8 Å². The second-order valence-corrected chi connectivity index (χ2v) is 10.1. The van der Waals surface area contributed by atoms with Crippen LogP contribution in [0.1, 0.15) is 15.9 Å². The van der Waals surface area contributed by atoms with Crippen LogP contribution in [0, 0.1) is 0 Å². The molecule has 2 aliphatic rings. The number of rotatable bonds is 5. The molecule has 3 aromatic carbocycles. The second kappa shape index (κ2) is 10.9. The molecule has 0 spiro atoms. The summed E-state index contributed by atoms with van der Waals surface area (Å²) in [6.07, 6.45) is 1.84. The van der Waals surface area contributed by atoms with Gasteiger partial charge in [0.05, 0.1) is 24.9 Å². The topological polar surface area (TPSA) is 99.7 Å². The number of nitrogens with zero attached hydrogens (tertiary/aromatic N) is 4. The molecule has 0 bridgehead atoms. The Morgan fingerprint density at radius 3 is 2.60 bits per heavy atom. The first-order valence-corrected chi connectivity index (χ1v) is 13.4. The number of ether oxygens (including phenoxy) is 1. The van der Waals surface area contributed by atoms with Crippen LogP contribution in [0.15, 0.2) is 72.9 Å². The fraction of sp³-hybridized carbons (Fsp3) is 0.200. The van der Waals surface area contributed by atoms with E-state index in [1.54, 1.807) is 25.4 Å². The zero-order chi connectivity index (χ0) is 27.6. The average Bonchev–Trinajstić information content (AvgIpc) is 3.11. The van der Waals surface area contributed by atoms with Crippen molar-refractivity contribution in [2.45, 2.75) is 6.42 Å². The van der Waals surface area contributed by atoms with Gasteiger partial charge in [-0.3, -0.25) is 9.59 Å². The molecule has 40 heavy (non-hydrogen) atoms. The molecule has 202 valence electrons. The summed E-state index contributed by atoms with van der Waals surface area (Å²) < 4.78 is 5.34. The van der Waals surface area contributed by atoms with Crippen LogP contribution < -0.4 is 20.3 Å². The molecule has 1 aromatic heterocycles. The van der Waals surface area contributed by atoms with Crippen LogP contribution in [0.5, 0.6) is 5.75 Å². The van der Waals surface area contributed by atoms with E-state index < -0.39 is 0 Å². The summed E-state index contributed by atoms with van der Waals surface area (Å²) in [6.45, 7) is 2.79. The summed E-state index contributed by atoms with van der Waals surface area (Å²) in [6, 6.07) is 20.6. The molecule has 1 fully saturated rings. The molecule has 0 radical (unpaired) electrons. The summed E-state index contributed by atoms with van der Waals surface area (Å²) >= 11 is 6.14. The molecule has 9 nitrogen and oxygen atoms in total.